The van der Waals surface area contributed by atoms with Gasteiger partial charge in [-0.1, -0.05) is 27.5 Å². The highest BCUT2D eigenvalue weighted by molar-refractivity contribution is 9.13. The molecule has 88 valence electrons. The number of carbonyl (C=O) groups excluding carboxylic acids is 1. The lowest BCUT2D eigenvalue weighted by atomic mass is 10.1. The van der Waals surface area contributed by atoms with E-state index in [2.05, 4.69) is 47.8 Å². The minimum atomic E-state index is -0.0786. The molecule has 0 radical (unpaired) electrons. The maximum Gasteiger partial charge on any atom is 0.205 e. The number of halogens is 4. The lowest BCUT2D eigenvalue weighted by Gasteiger charge is -2.03. The lowest BCUT2D eigenvalue weighted by Crippen LogP contribution is -2.00. The first kappa shape index (κ1) is 13.7. The predicted octanol–water partition coefficient (Wildman–Crippen LogP) is 5.92. The van der Waals surface area contributed by atoms with E-state index in [1.54, 1.807) is 18.2 Å². The molecule has 0 aliphatic carbocycles. The van der Waals surface area contributed by atoms with Crippen LogP contribution in [-0.4, -0.2) is 5.78 Å². The summed E-state index contributed by atoms with van der Waals surface area (Å²) in [5, 5.41) is 2.31. The molecule has 0 bridgehead atoms. The van der Waals surface area contributed by atoms with Crippen molar-refractivity contribution in [1.82, 2.24) is 0 Å². The molecule has 1 nitrogen and oxygen atoms in total. The summed E-state index contributed by atoms with van der Waals surface area (Å²) in [6, 6.07) is 5.23. The van der Waals surface area contributed by atoms with Crippen LogP contribution in [0.15, 0.2) is 37.0 Å². The lowest BCUT2D eigenvalue weighted by molar-refractivity contribution is 0.104. The van der Waals surface area contributed by atoms with Gasteiger partial charge in [0.1, 0.15) is 0 Å². The number of carbonyl (C=O) groups is 1. The van der Waals surface area contributed by atoms with Crippen LogP contribution in [0.1, 0.15) is 15.2 Å². The van der Waals surface area contributed by atoms with Crippen LogP contribution in [0.3, 0.4) is 0 Å². The normalized spacial score (nSPS) is 10.6. The highest BCUT2D eigenvalue weighted by atomic mass is 79.9. The molecule has 0 aliphatic heterocycles. The van der Waals surface area contributed by atoms with Crippen LogP contribution in [0, 0.1) is 0 Å². The van der Waals surface area contributed by atoms with Crippen LogP contribution in [0.4, 0.5) is 0 Å². The quantitative estimate of drug-likeness (QED) is 0.510. The average Bonchev–Trinajstić information content (AvgIpc) is 2.59. The van der Waals surface area contributed by atoms with Crippen LogP contribution in [0.2, 0.25) is 5.02 Å². The zero-order chi connectivity index (χ0) is 12.6. The molecule has 0 aliphatic rings. The van der Waals surface area contributed by atoms with Crippen molar-refractivity contribution in [2.45, 2.75) is 0 Å². The third-order valence-corrected chi connectivity index (χ3v) is 6.40. The molecule has 1 aromatic heterocycles. The van der Waals surface area contributed by atoms with Gasteiger partial charge < -0.3 is 0 Å². The van der Waals surface area contributed by atoms with E-state index in [4.69, 9.17) is 11.6 Å². The zero-order valence-electron chi connectivity index (χ0n) is 8.14. The molecule has 1 heterocycles. The third kappa shape index (κ3) is 2.84. The fourth-order valence-corrected chi connectivity index (χ4v) is 4.14. The summed E-state index contributed by atoms with van der Waals surface area (Å²) in [6.45, 7) is 0. The van der Waals surface area contributed by atoms with Crippen molar-refractivity contribution in [2.75, 3.05) is 0 Å². The first-order valence-corrected chi connectivity index (χ1v) is 8.06. The van der Waals surface area contributed by atoms with Crippen molar-refractivity contribution in [3.05, 3.63) is 52.5 Å². The molecule has 0 amide bonds. The molecule has 2 rings (SSSR count). The summed E-state index contributed by atoms with van der Waals surface area (Å²) < 4.78 is 2.50. The smallest absolute Gasteiger partial charge is 0.205 e. The molecule has 0 spiro atoms. The second-order valence-corrected chi connectivity index (χ2v) is 7.03. The number of rotatable bonds is 2. The molecule has 17 heavy (non-hydrogen) atoms. The van der Waals surface area contributed by atoms with Crippen LogP contribution in [0.25, 0.3) is 0 Å². The van der Waals surface area contributed by atoms with Gasteiger partial charge >= 0.3 is 0 Å². The molecule has 2 aromatic rings. The molecule has 0 fully saturated rings. The molecular formula is C11H4Br3ClOS. The van der Waals surface area contributed by atoms with Crippen molar-refractivity contribution in [1.29, 1.82) is 0 Å². The Morgan fingerprint density at radius 3 is 2.47 bits per heavy atom. The molecule has 0 atom stereocenters. The Kier molecular flexibility index (Phi) is 4.47. The van der Waals surface area contributed by atoms with E-state index in [0.717, 1.165) is 13.4 Å². The van der Waals surface area contributed by atoms with Gasteiger partial charge in [0.2, 0.25) is 5.78 Å². The van der Waals surface area contributed by atoms with E-state index >= 15 is 0 Å². The average molecular weight is 459 g/mol. The summed E-state index contributed by atoms with van der Waals surface area (Å²) in [5.74, 6) is -0.0786. The van der Waals surface area contributed by atoms with Gasteiger partial charge in [0.25, 0.3) is 0 Å². The fraction of sp³-hybridized carbons (Fsp3) is 0. The molecule has 6 heteroatoms. The highest BCUT2D eigenvalue weighted by Crippen LogP contribution is 2.35. The summed E-state index contributed by atoms with van der Waals surface area (Å²) in [7, 11) is 0. The van der Waals surface area contributed by atoms with Gasteiger partial charge in [0.05, 0.1) is 14.4 Å². The fourth-order valence-electron chi connectivity index (χ4n) is 1.27. The summed E-state index contributed by atoms with van der Waals surface area (Å²) in [5.41, 5.74) is 0.505. The maximum atomic E-state index is 12.3. The Bertz CT molecular complexity index is 594. The maximum absolute atomic E-state index is 12.3. The van der Waals surface area contributed by atoms with Crippen LogP contribution in [0.5, 0.6) is 0 Å². The van der Waals surface area contributed by atoms with E-state index < -0.39 is 0 Å². The van der Waals surface area contributed by atoms with E-state index in [9.17, 15) is 4.79 Å². The SMILES string of the molecule is O=C(c1ccc(Br)cc1Cl)c1scc(Br)c1Br. The Morgan fingerprint density at radius 2 is 1.94 bits per heavy atom. The monoisotopic (exact) mass is 456 g/mol. The minimum Gasteiger partial charge on any atom is -0.288 e. The van der Waals surface area contributed by atoms with Gasteiger partial charge in [-0.2, -0.15) is 0 Å². The number of hydrogen-bond acceptors (Lipinski definition) is 2. The Morgan fingerprint density at radius 1 is 1.24 bits per heavy atom. The van der Waals surface area contributed by atoms with Gasteiger partial charge in [0, 0.05) is 19.9 Å². The zero-order valence-corrected chi connectivity index (χ0v) is 14.5. The van der Waals surface area contributed by atoms with Gasteiger partial charge in [-0.15, -0.1) is 11.3 Å². The van der Waals surface area contributed by atoms with Gasteiger partial charge in [-0.3, -0.25) is 4.79 Å². The van der Waals surface area contributed by atoms with Gasteiger partial charge in [0.15, 0.2) is 0 Å². The van der Waals surface area contributed by atoms with Crippen molar-refractivity contribution >= 4 is 76.5 Å². The van der Waals surface area contributed by atoms with E-state index in [-0.39, 0.29) is 5.78 Å². The predicted molar refractivity (Wildman–Crippen MR) is 82.3 cm³/mol. The van der Waals surface area contributed by atoms with Gasteiger partial charge in [-0.05, 0) is 50.1 Å². The Balaban J connectivity index is 2.47. The summed E-state index contributed by atoms with van der Waals surface area (Å²) in [4.78, 5) is 12.9. The topological polar surface area (TPSA) is 17.1 Å². The number of hydrogen-bond donors (Lipinski definition) is 0. The third-order valence-electron chi connectivity index (χ3n) is 2.07. The summed E-state index contributed by atoms with van der Waals surface area (Å²) in [6.07, 6.45) is 0. The van der Waals surface area contributed by atoms with Gasteiger partial charge in [-0.25, -0.2) is 0 Å². The van der Waals surface area contributed by atoms with E-state index in [1.807, 2.05) is 5.38 Å². The standard InChI is InChI=1S/C11H4Br3ClOS/c12-5-1-2-6(8(15)3-5)10(16)11-9(14)7(13)4-17-11/h1-4H. The highest BCUT2D eigenvalue weighted by Gasteiger charge is 2.19. The van der Waals surface area contributed by atoms with Crippen molar-refractivity contribution < 1.29 is 4.79 Å². The second kappa shape index (κ2) is 5.53. The molecule has 0 saturated carbocycles. The first-order valence-electron chi connectivity index (χ1n) is 4.43. The minimum absolute atomic E-state index is 0.0786. The summed E-state index contributed by atoms with van der Waals surface area (Å²) >= 11 is 17.5. The number of thiophene rings is 1. The van der Waals surface area contributed by atoms with Crippen LogP contribution < -0.4 is 0 Å². The molecule has 0 unspecified atom stereocenters. The Labute approximate surface area is 133 Å². The first-order chi connectivity index (χ1) is 8.00. The van der Waals surface area contributed by atoms with E-state index in [1.165, 1.54) is 11.3 Å². The van der Waals surface area contributed by atoms with Crippen LogP contribution in [-0.2, 0) is 0 Å². The number of ketones is 1. The van der Waals surface area contributed by atoms with E-state index in [0.29, 0.717) is 15.5 Å². The second-order valence-electron chi connectivity index (χ2n) is 3.18. The molecular weight excluding hydrogens is 455 g/mol. The molecule has 0 N–H and O–H groups in total. The van der Waals surface area contributed by atoms with Crippen LogP contribution >= 0.6 is 70.7 Å². The molecule has 0 saturated heterocycles. The van der Waals surface area contributed by atoms with Crippen molar-refractivity contribution in [2.24, 2.45) is 0 Å². The largest absolute Gasteiger partial charge is 0.288 e. The molecule has 1 aromatic carbocycles. The number of benzene rings is 1. The van der Waals surface area contributed by atoms with Crippen molar-refractivity contribution in [3.8, 4) is 0 Å². The Hall–Kier alpha value is 0.320. The van der Waals surface area contributed by atoms with Crippen molar-refractivity contribution in [3.63, 3.8) is 0 Å².